The second-order valence-electron chi connectivity index (χ2n) is 21.8. The molecule has 15 nitrogen and oxygen atoms in total. The van der Waals surface area contributed by atoms with Gasteiger partial charge in [-0.25, -0.2) is 0 Å². The number of β-amino-alcohol motifs (C(OH)–C–C–N with tert-alkyl or cyclic N) is 1. The maximum atomic E-state index is 14.1. The minimum Gasteiger partial charge on any atom is -0.391 e. The van der Waals surface area contributed by atoms with E-state index in [2.05, 4.69) is 92.1 Å². The van der Waals surface area contributed by atoms with Gasteiger partial charge in [-0.2, -0.15) is 0 Å². The Kier molecular flexibility index (Phi) is 17.3. The molecular weight excluding hydrogens is 1030 g/mol. The van der Waals surface area contributed by atoms with Crippen molar-refractivity contribution >= 4 is 63.6 Å². The predicted molar refractivity (Wildman–Crippen MR) is 304 cm³/mol. The fourth-order valence-corrected chi connectivity index (χ4v) is 12.9. The Labute approximate surface area is 464 Å². The molecular formula is C59H70ClN9O6S2. The number of aliphatic imine (C=N–C) groups is 1. The number of likely N-dealkylation sites (tertiary alicyclic amines) is 2. The zero-order chi connectivity index (χ0) is 54.7. The summed E-state index contributed by atoms with van der Waals surface area (Å²) in [6.07, 6.45) is 1.31. The minimum atomic E-state index is -0.941. The number of nitrogens with one attached hydrogen (secondary N) is 3. The molecule has 3 aromatic carbocycles. The highest BCUT2D eigenvalue weighted by atomic mass is 35.5. The van der Waals surface area contributed by atoms with Crippen molar-refractivity contribution in [2.24, 2.45) is 10.4 Å². The topological polar surface area (TPSA) is 183 Å². The number of amides is 4. The van der Waals surface area contributed by atoms with Crippen molar-refractivity contribution in [1.29, 1.82) is 0 Å². The molecule has 5 atom stereocenters. The van der Waals surface area contributed by atoms with Crippen LogP contribution >= 0.6 is 34.3 Å². The number of aliphatic hydroxyl groups excluding tert-OH is 1. The molecule has 0 unspecified atom stereocenters. The number of carbonyl (C=O) groups excluding carboxylic acids is 4. The first-order valence-corrected chi connectivity index (χ1v) is 28.6. The van der Waals surface area contributed by atoms with Gasteiger partial charge < -0.3 is 35.6 Å². The number of benzene rings is 3. The van der Waals surface area contributed by atoms with Crippen LogP contribution in [-0.2, 0) is 30.5 Å². The van der Waals surface area contributed by atoms with Crippen molar-refractivity contribution in [1.82, 2.24) is 40.5 Å². The molecule has 0 saturated carbocycles. The number of thiophene rings is 2. The molecule has 0 aliphatic carbocycles. The van der Waals surface area contributed by atoms with Crippen LogP contribution in [0.3, 0.4) is 0 Å². The van der Waals surface area contributed by atoms with Crippen molar-refractivity contribution in [3.8, 4) is 15.4 Å². The van der Waals surface area contributed by atoms with Crippen molar-refractivity contribution in [3.05, 3.63) is 145 Å². The number of fused-ring (bicyclic) bond motifs is 3. The van der Waals surface area contributed by atoms with E-state index >= 15 is 0 Å². The lowest BCUT2D eigenvalue weighted by Gasteiger charge is -2.35. The molecule has 9 rings (SSSR count). The highest BCUT2D eigenvalue weighted by Crippen LogP contribution is 2.40. The van der Waals surface area contributed by atoms with Crippen LogP contribution in [0.25, 0.3) is 15.4 Å². The third-order valence-corrected chi connectivity index (χ3v) is 17.7. The molecule has 2 fully saturated rings. The van der Waals surface area contributed by atoms with Gasteiger partial charge >= 0.3 is 0 Å². The summed E-state index contributed by atoms with van der Waals surface area (Å²) >= 11 is 9.66. The van der Waals surface area contributed by atoms with Gasteiger partial charge in [0.15, 0.2) is 5.82 Å². The fourth-order valence-electron chi connectivity index (χ4n) is 10.7. The molecule has 2 saturated heterocycles. The minimum absolute atomic E-state index is 0.00161. The summed E-state index contributed by atoms with van der Waals surface area (Å²) in [5, 5.41) is 32.4. The smallest absolute Gasteiger partial charge is 0.246 e. The molecule has 77 heavy (non-hydrogen) atoms. The number of aryl methyl sites for hydroxylation is 3. The zero-order valence-corrected chi connectivity index (χ0v) is 47.6. The monoisotopic (exact) mass is 1100 g/mol. The third-order valence-electron chi connectivity index (χ3n) is 15.2. The summed E-state index contributed by atoms with van der Waals surface area (Å²) < 4.78 is 7.91. The Balaban J connectivity index is 0.718. The van der Waals surface area contributed by atoms with Gasteiger partial charge in [0.25, 0.3) is 0 Å². The van der Waals surface area contributed by atoms with E-state index in [-0.39, 0.29) is 50.4 Å². The largest absolute Gasteiger partial charge is 0.391 e. The van der Waals surface area contributed by atoms with Crippen LogP contribution in [0.4, 0.5) is 0 Å². The Morgan fingerprint density at radius 1 is 0.883 bits per heavy atom. The second-order valence-corrected chi connectivity index (χ2v) is 24.4. The van der Waals surface area contributed by atoms with Crippen LogP contribution in [0.1, 0.15) is 127 Å². The summed E-state index contributed by atoms with van der Waals surface area (Å²) in [4.78, 5) is 66.2. The van der Waals surface area contributed by atoms with Crippen LogP contribution < -0.4 is 16.0 Å². The van der Waals surface area contributed by atoms with Crippen LogP contribution in [0, 0.1) is 33.1 Å². The summed E-state index contributed by atoms with van der Waals surface area (Å²) in [5.41, 5.74) is 8.74. The van der Waals surface area contributed by atoms with Gasteiger partial charge in [0.1, 0.15) is 35.6 Å². The molecule has 4 N–H and O–H groups in total. The van der Waals surface area contributed by atoms with E-state index in [0.29, 0.717) is 29.9 Å². The van der Waals surface area contributed by atoms with Crippen LogP contribution in [0.2, 0.25) is 5.02 Å². The summed E-state index contributed by atoms with van der Waals surface area (Å²) in [6.45, 7) is 18.7. The van der Waals surface area contributed by atoms with E-state index < -0.39 is 41.5 Å². The quantitative estimate of drug-likeness (QED) is 0.0648. The SMILES string of the molecule is Cc1ccsc1-c1ccc(CNC(=O)[C@@H]2C[C@@H](O)CN2C(=O)[C@@H](NC(=O)COCCN2CCC(c3ccc([C@H](C)NC(=O)C[C@@H]4N=C(c5ccc(Cl)cc5)c5c(sc(C)c5C)-n5c(C)nnc54)cc3)CC2)C(C)(C)C)cc1. The molecule has 0 spiro atoms. The molecule has 3 aromatic heterocycles. The van der Waals surface area contributed by atoms with Crippen molar-refractivity contribution in [2.75, 3.05) is 39.4 Å². The van der Waals surface area contributed by atoms with Crippen LogP contribution in [0.15, 0.2) is 89.2 Å². The lowest BCUT2D eigenvalue weighted by molar-refractivity contribution is -0.144. The number of piperidine rings is 1. The van der Waals surface area contributed by atoms with Gasteiger partial charge in [-0.1, -0.05) is 93.0 Å². The maximum absolute atomic E-state index is 14.1. The summed E-state index contributed by atoms with van der Waals surface area (Å²) in [5.74, 6) is 0.460. The van der Waals surface area contributed by atoms with E-state index in [9.17, 15) is 24.3 Å². The van der Waals surface area contributed by atoms with Gasteiger partial charge in [0.2, 0.25) is 23.6 Å². The number of aliphatic hydroxyl groups is 1. The van der Waals surface area contributed by atoms with E-state index in [1.165, 1.54) is 25.8 Å². The molecule has 6 heterocycles. The number of hydrogen-bond acceptors (Lipinski definition) is 12. The van der Waals surface area contributed by atoms with Crippen molar-refractivity contribution in [2.45, 2.75) is 124 Å². The lowest BCUT2D eigenvalue weighted by atomic mass is 9.85. The van der Waals surface area contributed by atoms with Gasteiger partial charge in [0.05, 0.1) is 30.9 Å². The number of carbonyl (C=O) groups is 4. The molecule has 6 aromatic rings. The standard InChI is InChI=1S/C59H70ClN9O6S2/c1-34-23-28-76-53(34)44-11-9-39(10-12-44)31-61-56(73)48-29-46(70)32-68(48)57(74)54(59(6,7)8)64-50(72)33-75-27-26-67-24-21-42(22-25-67)41-15-13-40(14-16-41)36(3)62-49(71)30-47-55-66-65-38(5)69(55)58-51(35(2)37(4)77-58)52(63-47)43-17-19-45(60)20-18-43/h9-20,23,28,36,42,46-48,54,70H,21-22,24-27,29-33H2,1-8H3,(H,61,73)(H,62,71)(H,64,72)/t36-,46+,47-,48-,54+/m0/s1. The number of aromatic nitrogens is 3. The van der Waals surface area contributed by atoms with E-state index in [4.69, 9.17) is 21.3 Å². The second kappa shape index (κ2) is 23.9. The first-order valence-electron chi connectivity index (χ1n) is 26.6. The van der Waals surface area contributed by atoms with E-state index in [0.717, 1.165) is 75.8 Å². The average Bonchev–Trinajstić information content (AvgIpc) is 4.31. The first-order chi connectivity index (χ1) is 36.8. The summed E-state index contributed by atoms with van der Waals surface area (Å²) in [6, 6.07) is 23.8. The lowest BCUT2D eigenvalue weighted by Crippen LogP contribution is -2.58. The number of rotatable bonds is 17. The zero-order valence-electron chi connectivity index (χ0n) is 45.2. The van der Waals surface area contributed by atoms with Crippen molar-refractivity contribution < 1.29 is 29.0 Å². The Bertz CT molecular complexity index is 3120. The number of nitrogens with zero attached hydrogens (tertiary/aromatic N) is 6. The third kappa shape index (κ3) is 12.8. The first kappa shape index (κ1) is 55.7. The Morgan fingerprint density at radius 3 is 2.26 bits per heavy atom. The highest BCUT2D eigenvalue weighted by molar-refractivity contribution is 7.15. The predicted octanol–water partition coefficient (Wildman–Crippen LogP) is 9.11. The van der Waals surface area contributed by atoms with Gasteiger partial charge in [0, 0.05) is 52.0 Å². The van der Waals surface area contributed by atoms with Gasteiger partial charge in [-0.3, -0.25) is 28.7 Å². The Morgan fingerprint density at radius 2 is 1.58 bits per heavy atom. The molecule has 18 heteroatoms. The van der Waals surface area contributed by atoms with Gasteiger partial charge in [-0.05, 0) is 129 Å². The molecule has 3 aliphatic rings. The highest BCUT2D eigenvalue weighted by Gasteiger charge is 2.44. The normalized spacial score (nSPS) is 18.7. The maximum Gasteiger partial charge on any atom is 0.246 e. The molecule has 406 valence electrons. The molecule has 3 aliphatic heterocycles. The number of halogens is 1. The molecule has 4 amide bonds. The fraction of sp³-hybridized carbons (Fsp3) is 0.441. The average molecular weight is 1100 g/mol. The van der Waals surface area contributed by atoms with E-state index in [1.54, 1.807) is 22.7 Å². The Hall–Kier alpha value is -6.08. The van der Waals surface area contributed by atoms with Crippen LogP contribution in [0.5, 0.6) is 0 Å². The molecule has 0 radical (unpaired) electrons. The molecule has 0 bridgehead atoms. The number of ether oxygens (including phenoxy) is 1. The number of hydrogen-bond donors (Lipinski definition) is 4. The van der Waals surface area contributed by atoms with Gasteiger partial charge in [-0.15, -0.1) is 32.9 Å². The summed E-state index contributed by atoms with van der Waals surface area (Å²) in [7, 11) is 0. The van der Waals surface area contributed by atoms with Crippen molar-refractivity contribution in [3.63, 3.8) is 0 Å². The van der Waals surface area contributed by atoms with Crippen LogP contribution in [-0.4, -0.2) is 117 Å². The van der Waals surface area contributed by atoms with E-state index in [1.807, 2.05) is 83.1 Å².